The van der Waals surface area contributed by atoms with Crippen LogP contribution in [0, 0.1) is 5.82 Å². The Balaban J connectivity index is 2.15. The molecule has 0 saturated heterocycles. The number of benzene rings is 1. The Morgan fingerprint density at radius 2 is 2.00 bits per heavy atom. The second-order valence-electron chi connectivity index (χ2n) is 5.05. The third kappa shape index (κ3) is 3.40. The van der Waals surface area contributed by atoms with Gasteiger partial charge in [-0.25, -0.2) is 4.39 Å². The normalized spacial score (nSPS) is 18.1. The highest BCUT2D eigenvalue weighted by Crippen LogP contribution is 2.30. The largest absolute Gasteiger partial charge is 0.345 e. The van der Waals surface area contributed by atoms with Crippen LogP contribution in [0.25, 0.3) is 0 Å². The second kappa shape index (κ2) is 6.10. The molecule has 0 spiro atoms. The summed E-state index contributed by atoms with van der Waals surface area (Å²) >= 11 is 11.7. The van der Waals surface area contributed by atoms with Crippen LogP contribution in [0.15, 0.2) is 18.2 Å². The summed E-state index contributed by atoms with van der Waals surface area (Å²) < 4.78 is 13.7. The molecule has 19 heavy (non-hydrogen) atoms. The molecule has 0 atom stereocenters. The molecule has 2 nitrogen and oxygen atoms in total. The number of hydrogen-bond acceptors (Lipinski definition) is 1. The van der Waals surface area contributed by atoms with Gasteiger partial charge >= 0.3 is 0 Å². The summed E-state index contributed by atoms with van der Waals surface area (Å²) in [5.41, 5.74) is -0.386. The molecule has 0 heterocycles. The fourth-order valence-electron chi connectivity index (χ4n) is 2.50. The van der Waals surface area contributed by atoms with Gasteiger partial charge in [-0.2, -0.15) is 0 Å². The van der Waals surface area contributed by atoms with Crippen LogP contribution in [0.2, 0.25) is 5.02 Å². The fourth-order valence-corrected chi connectivity index (χ4v) is 3.00. The SMILES string of the molecule is O=C(NC1(CCl)CCCCC1)c1ccc(Cl)cc1F. The molecule has 2 rings (SSSR count). The quantitative estimate of drug-likeness (QED) is 0.835. The smallest absolute Gasteiger partial charge is 0.254 e. The Morgan fingerprint density at radius 3 is 2.58 bits per heavy atom. The van der Waals surface area contributed by atoms with Crippen molar-refractivity contribution in [2.45, 2.75) is 37.6 Å². The number of alkyl halides is 1. The van der Waals surface area contributed by atoms with Gasteiger partial charge in [0.2, 0.25) is 0 Å². The Bertz CT molecular complexity index is 473. The van der Waals surface area contributed by atoms with Crippen molar-refractivity contribution in [3.8, 4) is 0 Å². The lowest BCUT2D eigenvalue weighted by atomic mass is 9.83. The van der Waals surface area contributed by atoms with Crippen molar-refractivity contribution in [2.24, 2.45) is 0 Å². The Morgan fingerprint density at radius 1 is 1.32 bits per heavy atom. The number of hydrogen-bond donors (Lipinski definition) is 1. The molecule has 1 N–H and O–H groups in total. The summed E-state index contributed by atoms with van der Waals surface area (Å²) in [7, 11) is 0. The van der Waals surface area contributed by atoms with Gasteiger partial charge in [-0.1, -0.05) is 30.9 Å². The highest BCUT2D eigenvalue weighted by Gasteiger charge is 2.33. The maximum absolute atomic E-state index is 13.7. The minimum atomic E-state index is -0.606. The number of nitrogens with one attached hydrogen (secondary N) is 1. The molecule has 1 saturated carbocycles. The molecule has 1 aromatic rings. The third-order valence-corrected chi connectivity index (χ3v) is 4.37. The van der Waals surface area contributed by atoms with Crippen LogP contribution in [0.3, 0.4) is 0 Å². The second-order valence-corrected chi connectivity index (χ2v) is 5.76. The van der Waals surface area contributed by atoms with E-state index in [0.29, 0.717) is 5.88 Å². The first kappa shape index (κ1) is 14.6. The Labute approximate surface area is 122 Å². The first-order valence-corrected chi connectivity index (χ1v) is 7.31. The molecule has 0 aliphatic heterocycles. The van der Waals surface area contributed by atoms with Crippen LogP contribution in [-0.2, 0) is 0 Å². The van der Waals surface area contributed by atoms with E-state index in [1.807, 2.05) is 0 Å². The van der Waals surface area contributed by atoms with E-state index >= 15 is 0 Å². The van der Waals surface area contributed by atoms with Crippen molar-refractivity contribution < 1.29 is 9.18 Å². The molecule has 1 aliphatic rings. The third-order valence-electron chi connectivity index (χ3n) is 3.62. The maximum Gasteiger partial charge on any atom is 0.254 e. The summed E-state index contributed by atoms with van der Waals surface area (Å²) in [4.78, 5) is 12.2. The van der Waals surface area contributed by atoms with E-state index in [1.54, 1.807) is 0 Å². The number of carbonyl (C=O) groups is 1. The zero-order chi connectivity index (χ0) is 13.9. The minimum Gasteiger partial charge on any atom is -0.345 e. The molecule has 1 aliphatic carbocycles. The summed E-state index contributed by atoms with van der Waals surface area (Å²) in [5.74, 6) is -0.671. The maximum atomic E-state index is 13.7. The molecule has 0 radical (unpaired) electrons. The Kier molecular flexibility index (Phi) is 4.69. The fraction of sp³-hybridized carbons (Fsp3) is 0.500. The van der Waals surface area contributed by atoms with E-state index in [4.69, 9.17) is 23.2 Å². The topological polar surface area (TPSA) is 29.1 Å². The van der Waals surface area contributed by atoms with Gasteiger partial charge in [0.05, 0.1) is 11.1 Å². The van der Waals surface area contributed by atoms with Crippen LogP contribution in [0.4, 0.5) is 4.39 Å². The molecular formula is C14H16Cl2FNO. The number of amides is 1. The van der Waals surface area contributed by atoms with E-state index in [9.17, 15) is 9.18 Å². The molecule has 1 aromatic carbocycles. The first-order valence-electron chi connectivity index (χ1n) is 6.40. The van der Waals surface area contributed by atoms with Gasteiger partial charge in [0.1, 0.15) is 5.82 Å². The monoisotopic (exact) mass is 303 g/mol. The van der Waals surface area contributed by atoms with Gasteiger partial charge in [-0.3, -0.25) is 4.79 Å². The molecule has 104 valence electrons. The lowest BCUT2D eigenvalue weighted by Gasteiger charge is -2.36. The summed E-state index contributed by atoms with van der Waals surface area (Å²) in [6.07, 6.45) is 4.92. The van der Waals surface area contributed by atoms with Gasteiger partial charge < -0.3 is 5.32 Å². The summed E-state index contributed by atoms with van der Waals surface area (Å²) in [5, 5.41) is 3.18. The van der Waals surface area contributed by atoms with Crippen LogP contribution in [-0.4, -0.2) is 17.3 Å². The molecule has 0 bridgehead atoms. The number of halogens is 3. The number of rotatable bonds is 3. The van der Waals surface area contributed by atoms with Gasteiger partial charge in [0, 0.05) is 10.9 Å². The van der Waals surface area contributed by atoms with Gasteiger partial charge in [0.15, 0.2) is 0 Å². The molecule has 0 aromatic heterocycles. The average molecular weight is 304 g/mol. The number of carbonyl (C=O) groups excluding carboxylic acids is 1. The average Bonchev–Trinajstić information content (AvgIpc) is 2.39. The lowest BCUT2D eigenvalue weighted by molar-refractivity contribution is 0.0880. The lowest BCUT2D eigenvalue weighted by Crippen LogP contribution is -2.51. The van der Waals surface area contributed by atoms with Crippen LogP contribution >= 0.6 is 23.2 Å². The van der Waals surface area contributed by atoms with Crippen molar-refractivity contribution in [3.63, 3.8) is 0 Å². The predicted octanol–water partition coefficient (Wildman–Crippen LogP) is 4.15. The minimum absolute atomic E-state index is 0.0134. The van der Waals surface area contributed by atoms with Crippen molar-refractivity contribution in [2.75, 3.05) is 5.88 Å². The van der Waals surface area contributed by atoms with E-state index in [2.05, 4.69) is 5.32 Å². The van der Waals surface area contributed by atoms with Gasteiger partial charge in [-0.15, -0.1) is 11.6 Å². The summed E-state index contributed by atoms with van der Waals surface area (Å²) in [6, 6.07) is 4.05. The zero-order valence-corrected chi connectivity index (χ0v) is 12.0. The van der Waals surface area contributed by atoms with Gasteiger partial charge in [0.25, 0.3) is 5.91 Å². The van der Waals surface area contributed by atoms with Crippen molar-refractivity contribution >= 4 is 29.1 Å². The van der Waals surface area contributed by atoms with Crippen molar-refractivity contribution in [3.05, 3.63) is 34.6 Å². The standard InChI is InChI=1S/C14H16Cl2FNO/c15-9-14(6-2-1-3-7-14)18-13(19)11-5-4-10(16)8-12(11)17/h4-5,8H,1-3,6-7,9H2,(H,18,19). The van der Waals surface area contributed by atoms with Crippen LogP contribution in [0.1, 0.15) is 42.5 Å². The highest BCUT2D eigenvalue weighted by atomic mass is 35.5. The van der Waals surface area contributed by atoms with E-state index in [1.165, 1.54) is 12.1 Å². The van der Waals surface area contributed by atoms with Crippen molar-refractivity contribution in [1.82, 2.24) is 5.32 Å². The van der Waals surface area contributed by atoms with Crippen LogP contribution in [0.5, 0.6) is 0 Å². The molecule has 1 fully saturated rings. The molecule has 1 amide bonds. The molecule has 5 heteroatoms. The van der Waals surface area contributed by atoms with E-state index in [0.717, 1.165) is 38.2 Å². The van der Waals surface area contributed by atoms with E-state index < -0.39 is 17.3 Å². The van der Waals surface area contributed by atoms with Gasteiger partial charge in [-0.05, 0) is 31.0 Å². The highest BCUT2D eigenvalue weighted by molar-refractivity contribution is 6.30. The predicted molar refractivity (Wildman–Crippen MR) is 75.4 cm³/mol. The van der Waals surface area contributed by atoms with Crippen LogP contribution < -0.4 is 5.32 Å². The molecular weight excluding hydrogens is 288 g/mol. The summed E-state index contributed by atoms with van der Waals surface area (Å²) in [6.45, 7) is 0. The van der Waals surface area contributed by atoms with E-state index in [-0.39, 0.29) is 10.6 Å². The first-order chi connectivity index (χ1) is 9.06. The van der Waals surface area contributed by atoms with Crippen molar-refractivity contribution in [1.29, 1.82) is 0 Å². The zero-order valence-electron chi connectivity index (χ0n) is 10.5. The molecule has 0 unspecified atom stereocenters. The Hall–Kier alpha value is -0.800.